The van der Waals surface area contributed by atoms with Crippen LogP contribution in [0.5, 0.6) is 0 Å². The average molecular weight is 278 g/mol. The second-order valence-corrected chi connectivity index (χ2v) is 4.08. The standard InChI is InChI=1S/C9H11IS/c1-3-7-5-4-6(2)8(10)9(7)11/h4-5,11H,3H2,1-2H3. The Labute approximate surface area is 86.9 Å². The largest absolute Gasteiger partial charge is 0.142 e. The minimum Gasteiger partial charge on any atom is -0.142 e. The zero-order valence-electron chi connectivity index (χ0n) is 6.69. The number of halogens is 1. The molecule has 0 nitrogen and oxygen atoms in total. The van der Waals surface area contributed by atoms with Crippen LogP contribution in [0.2, 0.25) is 0 Å². The Bertz CT molecular complexity index is 269. The molecule has 0 aliphatic rings. The summed E-state index contributed by atoms with van der Waals surface area (Å²) in [5.74, 6) is 0. The van der Waals surface area contributed by atoms with Crippen LogP contribution < -0.4 is 0 Å². The fraction of sp³-hybridized carbons (Fsp3) is 0.333. The van der Waals surface area contributed by atoms with Crippen LogP contribution in [0, 0.1) is 10.5 Å². The fourth-order valence-electron chi connectivity index (χ4n) is 0.991. The summed E-state index contributed by atoms with van der Waals surface area (Å²) in [6.45, 7) is 4.27. The smallest absolute Gasteiger partial charge is 0.0295 e. The molecule has 11 heavy (non-hydrogen) atoms. The molecule has 0 radical (unpaired) electrons. The van der Waals surface area contributed by atoms with Crippen LogP contribution in [-0.4, -0.2) is 0 Å². The van der Waals surface area contributed by atoms with E-state index >= 15 is 0 Å². The highest BCUT2D eigenvalue weighted by Crippen LogP contribution is 2.24. The second-order valence-electron chi connectivity index (χ2n) is 2.56. The van der Waals surface area contributed by atoms with Crippen molar-refractivity contribution < 1.29 is 0 Å². The number of hydrogen-bond acceptors (Lipinski definition) is 1. The molecule has 0 aromatic heterocycles. The van der Waals surface area contributed by atoms with E-state index in [0.29, 0.717) is 0 Å². The molecule has 0 unspecified atom stereocenters. The lowest BCUT2D eigenvalue weighted by atomic mass is 10.1. The molecule has 0 amide bonds. The fourth-order valence-corrected chi connectivity index (χ4v) is 1.93. The molecular weight excluding hydrogens is 267 g/mol. The Morgan fingerprint density at radius 3 is 2.64 bits per heavy atom. The van der Waals surface area contributed by atoms with Crippen molar-refractivity contribution >= 4 is 35.2 Å². The third kappa shape index (κ3) is 1.90. The van der Waals surface area contributed by atoms with Crippen LogP contribution in [0.15, 0.2) is 17.0 Å². The summed E-state index contributed by atoms with van der Waals surface area (Å²) in [4.78, 5) is 1.15. The van der Waals surface area contributed by atoms with Crippen molar-refractivity contribution in [3.8, 4) is 0 Å². The molecule has 0 aliphatic heterocycles. The molecule has 0 spiro atoms. The van der Waals surface area contributed by atoms with Crippen molar-refractivity contribution in [2.24, 2.45) is 0 Å². The first kappa shape index (κ1) is 9.39. The Hall–Kier alpha value is 0.300. The van der Waals surface area contributed by atoms with Gasteiger partial charge in [-0.15, -0.1) is 12.6 Å². The molecule has 1 rings (SSSR count). The normalized spacial score (nSPS) is 10.2. The third-order valence-corrected chi connectivity index (χ3v) is 4.10. The van der Waals surface area contributed by atoms with Crippen LogP contribution in [0.25, 0.3) is 0 Å². The highest BCUT2D eigenvalue weighted by molar-refractivity contribution is 14.1. The first-order chi connectivity index (χ1) is 5.16. The van der Waals surface area contributed by atoms with E-state index in [1.54, 1.807) is 0 Å². The third-order valence-electron chi connectivity index (χ3n) is 1.77. The van der Waals surface area contributed by atoms with Crippen molar-refractivity contribution in [1.29, 1.82) is 0 Å². The van der Waals surface area contributed by atoms with Gasteiger partial charge < -0.3 is 0 Å². The topological polar surface area (TPSA) is 0 Å². The molecule has 0 aliphatic carbocycles. The minimum atomic E-state index is 1.06. The van der Waals surface area contributed by atoms with Gasteiger partial charge in [0.15, 0.2) is 0 Å². The van der Waals surface area contributed by atoms with Crippen LogP contribution in [0.1, 0.15) is 18.1 Å². The van der Waals surface area contributed by atoms with Gasteiger partial charge in [-0.25, -0.2) is 0 Å². The zero-order valence-corrected chi connectivity index (χ0v) is 9.74. The second kappa shape index (κ2) is 3.81. The van der Waals surface area contributed by atoms with Crippen molar-refractivity contribution in [2.45, 2.75) is 25.2 Å². The molecule has 0 saturated carbocycles. The molecule has 0 heterocycles. The summed E-state index contributed by atoms with van der Waals surface area (Å²) < 4.78 is 1.28. The maximum absolute atomic E-state index is 4.45. The zero-order chi connectivity index (χ0) is 8.43. The molecule has 60 valence electrons. The average Bonchev–Trinajstić information content (AvgIpc) is 2.01. The van der Waals surface area contributed by atoms with E-state index in [9.17, 15) is 0 Å². The Morgan fingerprint density at radius 1 is 1.45 bits per heavy atom. The molecule has 0 saturated heterocycles. The molecule has 0 N–H and O–H groups in total. The number of rotatable bonds is 1. The molecule has 0 atom stereocenters. The predicted octanol–water partition coefficient (Wildman–Crippen LogP) is 3.45. The number of benzene rings is 1. The van der Waals surface area contributed by atoms with Gasteiger partial charge in [0, 0.05) is 8.47 Å². The predicted molar refractivity (Wildman–Crippen MR) is 60.5 cm³/mol. The molecule has 2 heteroatoms. The summed E-state index contributed by atoms with van der Waals surface area (Å²) in [5, 5.41) is 0. The van der Waals surface area contributed by atoms with Gasteiger partial charge >= 0.3 is 0 Å². The summed E-state index contributed by atoms with van der Waals surface area (Å²) in [7, 11) is 0. The van der Waals surface area contributed by atoms with Gasteiger partial charge in [0.05, 0.1) is 0 Å². The first-order valence-electron chi connectivity index (χ1n) is 3.63. The maximum atomic E-state index is 4.45. The number of thiol groups is 1. The van der Waals surface area contributed by atoms with Crippen molar-refractivity contribution in [3.05, 3.63) is 26.8 Å². The molecular formula is C9H11IS. The van der Waals surface area contributed by atoms with Crippen molar-refractivity contribution in [2.75, 3.05) is 0 Å². The summed E-state index contributed by atoms with van der Waals surface area (Å²) in [6.07, 6.45) is 1.06. The minimum absolute atomic E-state index is 1.06. The van der Waals surface area contributed by atoms with Crippen molar-refractivity contribution in [3.63, 3.8) is 0 Å². The van der Waals surface area contributed by atoms with Crippen LogP contribution in [0.3, 0.4) is 0 Å². The highest BCUT2D eigenvalue weighted by atomic mass is 127. The monoisotopic (exact) mass is 278 g/mol. The first-order valence-corrected chi connectivity index (χ1v) is 5.16. The van der Waals surface area contributed by atoms with Gasteiger partial charge in [-0.05, 0) is 47.1 Å². The lowest BCUT2D eigenvalue weighted by molar-refractivity contribution is 1.06. The Kier molecular flexibility index (Phi) is 3.25. The molecule has 0 fully saturated rings. The van der Waals surface area contributed by atoms with Gasteiger partial charge in [0.25, 0.3) is 0 Å². The summed E-state index contributed by atoms with van der Waals surface area (Å²) in [5.41, 5.74) is 2.65. The quantitative estimate of drug-likeness (QED) is 0.590. The molecule has 1 aromatic rings. The van der Waals surface area contributed by atoms with E-state index < -0.39 is 0 Å². The highest BCUT2D eigenvalue weighted by Gasteiger charge is 2.02. The molecule has 0 bridgehead atoms. The van der Waals surface area contributed by atoms with E-state index in [2.05, 4.69) is 61.2 Å². The van der Waals surface area contributed by atoms with Gasteiger partial charge in [0.2, 0.25) is 0 Å². The van der Waals surface area contributed by atoms with Crippen LogP contribution >= 0.6 is 35.2 Å². The van der Waals surface area contributed by atoms with Crippen LogP contribution in [-0.2, 0) is 6.42 Å². The van der Waals surface area contributed by atoms with E-state index in [1.165, 1.54) is 14.7 Å². The lowest BCUT2D eigenvalue weighted by Crippen LogP contribution is -1.89. The van der Waals surface area contributed by atoms with E-state index in [-0.39, 0.29) is 0 Å². The SMILES string of the molecule is CCc1ccc(C)c(I)c1S. The Morgan fingerprint density at radius 2 is 2.09 bits per heavy atom. The summed E-state index contributed by atoms with van der Waals surface area (Å²) in [6, 6.07) is 4.31. The van der Waals surface area contributed by atoms with Crippen LogP contribution in [0.4, 0.5) is 0 Å². The van der Waals surface area contributed by atoms with E-state index in [0.717, 1.165) is 11.3 Å². The lowest BCUT2D eigenvalue weighted by Gasteiger charge is -2.06. The number of hydrogen-bond donors (Lipinski definition) is 1. The Balaban J connectivity index is 3.25. The van der Waals surface area contributed by atoms with Gasteiger partial charge in [-0.2, -0.15) is 0 Å². The van der Waals surface area contributed by atoms with E-state index in [4.69, 9.17) is 0 Å². The number of aryl methyl sites for hydroxylation is 2. The van der Waals surface area contributed by atoms with Crippen molar-refractivity contribution in [1.82, 2.24) is 0 Å². The maximum Gasteiger partial charge on any atom is 0.0295 e. The molecule has 1 aromatic carbocycles. The summed E-state index contributed by atoms with van der Waals surface area (Å²) >= 11 is 6.80. The van der Waals surface area contributed by atoms with Gasteiger partial charge in [0.1, 0.15) is 0 Å². The van der Waals surface area contributed by atoms with Gasteiger partial charge in [-0.1, -0.05) is 19.1 Å². The van der Waals surface area contributed by atoms with E-state index in [1.807, 2.05) is 0 Å². The van der Waals surface area contributed by atoms with Gasteiger partial charge in [-0.3, -0.25) is 0 Å².